The van der Waals surface area contributed by atoms with Gasteiger partial charge < -0.3 is 20.5 Å². The molecule has 0 spiro atoms. The fourth-order valence-electron chi connectivity index (χ4n) is 1.21. The lowest BCUT2D eigenvalue weighted by Gasteiger charge is -2.33. The summed E-state index contributed by atoms with van der Waals surface area (Å²) in [7, 11) is 0. The van der Waals surface area contributed by atoms with E-state index in [1.54, 1.807) is 0 Å². The molecule has 0 aromatic carbocycles. The lowest BCUT2D eigenvalue weighted by Crippen LogP contribution is -2.55. The predicted octanol–water partition coefficient (Wildman–Crippen LogP) is 0.529. The second-order valence-corrected chi connectivity index (χ2v) is 4.57. The molecule has 102 valence electrons. The number of hydrogen-bond acceptors (Lipinski definition) is 4. The molecule has 0 bridgehead atoms. The van der Waals surface area contributed by atoms with E-state index in [1.165, 1.54) is 0 Å². The summed E-state index contributed by atoms with van der Waals surface area (Å²) in [6.07, 6.45) is 0. The number of nitrogens with two attached hydrogens (primary N) is 1. The summed E-state index contributed by atoms with van der Waals surface area (Å²) in [6.45, 7) is 9.99. The van der Waals surface area contributed by atoms with Crippen molar-refractivity contribution in [2.24, 2.45) is 11.7 Å². The zero-order valence-corrected chi connectivity index (χ0v) is 11.4. The molecule has 0 saturated carbocycles. The van der Waals surface area contributed by atoms with Crippen molar-refractivity contribution in [1.29, 1.82) is 0 Å². The van der Waals surface area contributed by atoms with Gasteiger partial charge in [-0.2, -0.15) is 0 Å². The summed E-state index contributed by atoms with van der Waals surface area (Å²) in [5.41, 5.74) is 5.30. The Labute approximate surface area is 104 Å². The van der Waals surface area contributed by atoms with E-state index in [0.29, 0.717) is 26.4 Å². The summed E-state index contributed by atoms with van der Waals surface area (Å²) in [6, 6.07) is 0. The Morgan fingerprint density at radius 3 is 2.41 bits per heavy atom. The van der Waals surface area contributed by atoms with E-state index in [0.717, 1.165) is 0 Å². The van der Waals surface area contributed by atoms with Gasteiger partial charge in [0.15, 0.2) is 0 Å². The molecule has 0 aliphatic rings. The Morgan fingerprint density at radius 2 is 1.94 bits per heavy atom. The van der Waals surface area contributed by atoms with Gasteiger partial charge >= 0.3 is 0 Å². The number of nitrogens with one attached hydrogen (secondary N) is 1. The number of hydrogen-bond donors (Lipinski definition) is 2. The molecule has 1 unspecified atom stereocenters. The van der Waals surface area contributed by atoms with E-state index >= 15 is 0 Å². The van der Waals surface area contributed by atoms with Crippen molar-refractivity contribution in [3.63, 3.8) is 0 Å². The van der Waals surface area contributed by atoms with Crippen LogP contribution in [0.4, 0.5) is 0 Å². The molecule has 3 N–H and O–H groups in total. The third kappa shape index (κ3) is 6.61. The van der Waals surface area contributed by atoms with Crippen LogP contribution in [0.15, 0.2) is 0 Å². The third-order valence-electron chi connectivity index (χ3n) is 2.93. The summed E-state index contributed by atoms with van der Waals surface area (Å²) in [5, 5.41) is 2.90. The maximum atomic E-state index is 11.6. The maximum Gasteiger partial charge on any atom is 0.246 e. The molecule has 0 aromatic rings. The fraction of sp³-hybridized carbons (Fsp3) is 0.917. The molecular weight excluding hydrogens is 220 g/mol. The van der Waals surface area contributed by atoms with Gasteiger partial charge in [-0.1, -0.05) is 13.8 Å². The van der Waals surface area contributed by atoms with Gasteiger partial charge in [-0.15, -0.1) is 0 Å². The molecule has 0 aliphatic carbocycles. The summed E-state index contributed by atoms with van der Waals surface area (Å²) < 4.78 is 10.3. The molecule has 0 saturated heterocycles. The fourth-order valence-corrected chi connectivity index (χ4v) is 1.21. The van der Waals surface area contributed by atoms with Crippen LogP contribution in [-0.2, 0) is 14.3 Å². The molecule has 0 aliphatic heterocycles. The minimum absolute atomic E-state index is 0.0510. The van der Waals surface area contributed by atoms with Gasteiger partial charge in [0, 0.05) is 13.2 Å². The molecule has 1 atom stereocenters. The lowest BCUT2D eigenvalue weighted by molar-refractivity contribution is -0.128. The number of carbonyl (C=O) groups excluding carboxylic acids is 1. The Hall–Kier alpha value is -0.650. The Balaban J connectivity index is 3.84. The molecule has 0 rings (SSSR count). The van der Waals surface area contributed by atoms with E-state index in [1.807, 2.05) is 27.7 Å². The summed E-state index contributed by atoms with van der Waals surface area (Å²) in [5.74, 6) is 0.142. The quantitative estimate of drug-likeness (QED) is 0.582. The highest BCUT2D eigenvalue weighted by Gasteiger charge is 2.28. The average Bonchev–Trinajstić information content (AvgIpc) is 2.28. The van der Waals surface area contributed by atoms with Crippen molar-refractivity contribution < 1.29 is 14.3 Å². The molecule has 0 heterocycles. The largest absolute Gasteiger partial charge is 0.379 e. The highest BCUT2D eigenvalue weighted by molar-refractivity contribution is 5.78. The molecule has 5 heteroatoms. The SMILES string of the molecule is CCOCCOCC(=O)NC(C)(CN)C(C)C. The predicted molar refractivity (Wildman–Crippen MR) is 67.8 cm³/mol. The first kappa shape index (κ1) is 16.4. The number of ether oxygens (including phenoxy) is 2. The summed E-state index contributed by atoms with van der Waals surface area (Å²) in [4.78, 5) is 11.6. The first-order valence-corrected chi connectivity index (χ1v) is 6.12. The standard InChI is InChI=1S/C12H26N2O3/c1-5-16-6-7-17-8-11(15)14-12(4,9-13)10(2)3/h10H,5-9,13H2,1-4H3,(H,14,15). The molecule has 1 amide bonds. The van der Waals surface area contributed by atoms with E-state index < -0.39 is 0 Å². The normalized spacial score (nSPS) is 14.7. The van der Waals surface area contributed by atoms with Gasteiger partial charge in [-0.25, -0.2) is 0 Å². The first-order chi connectivity index (χ1) is 7.96. The van der Waals surface area contributed by atoms with Crippen molar-refractivity contribution in [2.75, 3.05) is 33.0 Å². The van der Waals surface area contributed by atoms with E-state index in [-0.39, 0.29) is 24.0 Å². The van der Waals surface area contributed by atoms with Crippen LogP contribution in [0.1, 0.15) is 27.7 Å². The van der Waals surface area contributed by atoms with Crippen LogP contribution >= 0.6 is 0 Å². The van der Waals surface area contributed by atoms with Gasteiger partial charge in [0.25, 0.3) is 0 Å². The van der Waals surface area contributed by atoms with E-state index in [9.17, 15) is 4.79 Å². The van der Waals surface area contributed by atoms with Gasteiger partial charge in [0.1, 0.15) is 6.61 Å². The second kappa shape index (κ2) is 8.44. The van der Waals surface area contributed by atoms with Crippen LogP contribution in [-0.4, -0.2) is 44.4 Å². The van der Waals surface area contributed by atoms with Gasteiger partial charge in [0.05, 0.1) is 18.8 Å². The van der Waals surface area contributed by atoms with Crippen LogP contribution in [0.3, 0.4) is 0 Å². The van der Waals surface area contributed by atoms with Gasteiger partial charge in [-0.05, 0) is 19.8 Å². The number of rotatable bonds is 9. The van der Waals surface area contributed by atoms with Crippen molar-refractivity contribution >= 4 is 5.91 Å². The van der Waals surface area contributed by atoms with Crippen molar-refractivity contribution in [3.8, 4) is 0 Å². The molecule has 0 fully saturated rings. The van der Waals surface area contributed by atoms with Crippen LogP contribution in [0.25, 0.3) is 0 Å². The first-order valence-electron chi connectivity index (χ1n) is 6.12. The zero-order chi connectivity index (χ0) is 13.3. The van der Waals surface area contributed by atoms with Gasteiger partial charge in [-0.3, -0.25) is 4.79 Å². The average molecular weight is 246 g/mol. The molecule has 0 radical (unpaired) electrons. The number of carbonyl (C=O) groups is 1. The van der Waals surface area contributed by atoms with E-state index in [4.69, 9.17) is 15.2 Å². The third-order valence-corrected chi connectivity index (χ3v) is 2.93. The number of amides is 1. The highest BCUT2D eigenvalue weighted by Crippen LogP contribution is 2.14. The Bertz CT molecular complexity index is 222. The van der Waals surface area contributed by atoms with Crippen molar-refractivity contribution in [3.05, 3.63) is 0 Å². The Kier molecular flexibility index (Phi) is 8.12. The second-order valence-electron chi connectivity index (χ2n) is 4.57. The molecule has 17 heavy (non-hydrogen) atoms. The lowest BCUT2D eigenvalue weighted by atomic mass is 9.88. The van der Waals surface area contributed by atoms with Crippen LogP contribution < -0.4 is 11.1 Å². The monoisotopic (exact) mass is 246 g/mol. The maximum absolute atomic E-state index is 11.6. The topological polar surface area (TPSA) is 73.6 Å². The van der Waals surface area contributed by atoms with Gasteiger partial charge in [0.2, 0.25) is 5.91 Å². The highest BCUT2D eigenvalue weighted by atomic mass is 16.5. The summed E-state index contributed by atoms with van der Waals surface area (Å²) >= 11 is 0. The zero-order valence-electron chi connectivity index (χ0n) is 11.4. The minimum atomic E-state index is -0.375. The smallest absolute Gasteiger partial charge is 0.246 e. The molecular formula is C12H26N2O3. The van der Waals surface area contributed by atoms with Crippen molar-refractivity contribution in [1.82, 2.24) is 5.32 Å². The van der Waals surface area contributed by atoms with Crippen LogP contribution in [0, 0.1) is 5.92 Å². The molecule has 5 nitrogen and oxygen atoms in total. The molecule has 0 aromatic heterocycles. The Morgan fingerprint density at radius 1 is 1.35 bits per heavy atom. The van der Waals surface area contributed by atoms with E-state index in [2.05, 4.69) is 5.32 Å². The minimum Gasteiger partial charge on any atom is -0.379 e. The van der Waals surface area contributed by atoms with Crippen molar-refractivity contribution in [2.45, 2.75) is 33.2 Å². The van der Waals surface area contributed by atoms with Crippen LogP contribution in [0.5, 0.6) is 0 Å². The van der Waals surface area contributed by atoms with Crippen LogP contribution in [0.2, 0.25) is 0 Å².